The number of rotatable bonds is 5. The van der Waals surface area contributed by atoms with Crippen LogP contribution in [-0.4, -0.2) is 37.4 Å². The maximum atomic E-state index is 12.8. The number of benzene rings is 1. The molecule has 5 rings (SSSR count). The molecule has 172 valence electrons. The Hall–Kier alpha value is -3.85. The van der Waals surface area contributed by atoms with E-state index in [4.69, 9.17) is 16.0 Å². The smallest absolute Gasteiger partial charge is 0.347 e. The monoisotopic (exact) mass is 478 g/mol. The Balaban J connectivity index is 1.36. The SMILES string of the molecule is CC1=CC(C)=C2C(C1)C(=O)C(=O)N2Cc1cn(CC(=O)c2cc3cc(Cl)ccc3oc2=O)nn1. The number of carbonyl (C=O) groups excluding carboxylic acids is 3. The zero-order valence-electron chi connectivity index (χ0n) is 18.4. The van der Waals surface area contributed by atoms with E-state index in [1.54, 1.807) is 18.2 Å². The van der Waals surface area contributed by atoms with Crippen LogP contribution in [0.1, 0.15) is 36.3 Å². The average molecular weight is 479 g/mol. The van der Waals surface area contributed by atoms with E-state index in [0.29, 0.717) is 33.8 Å². The normalized spacial score (nSPS) is 18.0. The summed E-state index contributed by atoms with van der Waals surface area (Å²) in [6.07, 6.45) is 4.01. The molecule has 0 spiro atoms. The maximum Gasteiger partial charge on any atom is 0.347 e. The topological polar surface area (TPSA) is 115 Å². The van der Waals surface area contributed by atoms with Crippen LogP contribution < -0.4 is 5.63 Å². The zero-order valence-corrected chi connectivity index (χ0v) is 19.1. The number of hydrogen-bond acceptors (Lipinski definition) is 7. The number of likely N-dealkylation sites (tertiary alicyclic amines) is 1. The standard InChI is InChI=1S/C24H19ClN4O5/c1-12-5-13(2)21-18(6-12)22(31)23(32)29(21)10-16-9-28(27-26-16)11-19(30)17-8-14-7-15(25)3-4-20(14)34-24(17)33/h3-5,7-9,18H,6,10-11H2,1-2H3. The van der Waals surface area contributed by atoms with Crippen molar-refractivity contribution >= 4 is 40.0 Å². The van der Waals surface area contributed by atoms with Crippen molar-refractivity contribution in [1.29, 1.82) is 0 Å². The van der Waals surface area contributed by atoms with E-state index in [9.17, 15) is 19.2 Å². The van der Waals surface area contributed by atoms with Crippen LogP contribution in [0.2, 0.25) is 5.02 Å². The Labute approximate surface area is 198 Å². The van der Waals surface area contributed by atoms with Gasteiger partial charge in [-0.05, 0) is 50.1 Å². The first-order chi connectivity index (χ1) is 16.2. The summed E-state index contributed by atoms with van der Waals surface area (Å²) in [6, 6.07) is 6.20. The molecule has 1 saturated heterocycles. The Morgan fingerprint density at radius 1 is 1.21 bits per heavy atom. The van der Waals surface area contributed by atoms with Crippen molar-refractivity contribution in [3.63, 3.8) is 0 Å². The van der Waals surface area contributed by atoms with Crippen LogP contribution in [0.25, 0.3) is 11.0 Å². The fourth-order valence-electron chi connectivity index (χ4n) is 4.53. The van der Waals surface area contributed by atoms with Crippen molar-refractivity contribution in [3.05, 3.63) is 80.1 Å². The van der Waals surface area contributed by atoms with Crippen molar-refractivity contribution in [2.24, 2.45) is 5.92 Å². The summed E-state index contributed by atoms with van der Waals surface area (Å²) in [5, 5.41) is 8.98. The summed E-state index contributed by atoms with van der Waals surface area (Å²) in [6.45, 7) is 3.63. The molecule has 1 amide bonds. The van der Waals surface area contributed by atoms with Crippen molar-refractivity contribution in [2.45, 2.75) is 33.4 Å². The summed E-state index contributed by atoms with van der Waals surface area (Å²) in [7, 11) is 0. The Morgan fingerprint density at radius 3 is 2.79 bits per heavy atom. The Kier molecular flexibility index (Phi) is 5.28. The van der Waals surface area contributed by atoms with Gasteiger partial charge in [-0.2, -0.15) is 0 Å². The van der Waals surface area contributed by atoms with E-state index in [-0.39, 0.29) is 18.7 Å². The molecule has 1 aromatic carbocycles. The van der Waals surface area contributed by atoms with Crippen LogP contribution in [0.3, 0.4) is 0 Å². The zero-order chi connectivity index (χ0) is 24.1. The first-order valence-electron chi connectivity index (χ1n) is 10.6. The highest BCUT2D eigenvalue weighted by atomic mass is 35.5. The summed E-state index contributed by atoms with van der Waals surface area (Å²) in [5.41, 5.74) is 2.49. The molecular weight excluding hydrogens is 460 g/mol. The minimum Gasteiger partial charge on any atom is -0.422 e. The average Bonchev–Trinajstić information content (AvgIpc) is 3.31. The van der Waals surface area contributed by atoms with Gasteiger partial charge in [0.15, 0.2) is 5.78 Å². The molecule has 9 nitrogen and oxygen atoms in total. The summed E-state index contributed by atoms with van der Waals surface area (Å²) >= 11 is 5.99. The molecule has 1 unspecified atom stereocenters. The highest BCUT2D eigenvalue weighted by Gasteiger charge is 2.45. The van der Waals surface area contributed by atoms with E-state index >= 15 is 0 Å². The van der Waals surface area contributed by atoms with E-state index in [0.717, 1.165) is 11.1 Å². The second-order valence-electron chi connectivity index (χ2n) is 8.53. The first kappa shape index (κ1) is 22.0. The molecule has 2 aliphatic rings. The number of aromatic nitrogens is 3. The van der Waals surface area contributed by atoms with E-state index in [1.807, 2.05) is 19.9 Å². The third-order valence-electron chi connectivity index (χ3n) is 5.99. The predicted molar refractivity (Wildman–Crippen MR) is 122 cm³/mol. The van der Waals surface area contributed by atoms with Crippen LogP contribution in [0, 0.1) is 5.92 Å². The Bertz CT molecular complexity index is 1510. The van der Waals surface area contributed by atoms with E-state index in [1.165, 1.54) is 21.8 Å². The van der Waals surface area contributed by atoms with Crippen LogP contribution >= 0.6 is 11.6 Å². The number of Topliss-reactive ketones (excluding diaryl/α,β-unsaturated/α-hetero) is 2. The number of hydrogen-bond donors (Lipinski definition) is 0. The molecule has 3 heterocycles. The number of nitrogens with zero attached hydrogens (tertiary/aromatic N) is 4. The lowest BCUT2D eigenvalue weighted by Gasteiger charge is -2.23. The number of amides is 1. The van der Waals surface area contributed by atoms with Crippen LogP contribution in [0.15, 0.2) is 62.6 Å². The second kappa shape index (κ2) is 8.18. The van der Waals surface area contributed by atoms with Gasteiger partial charge in [-0.15, -0.1) is 5.10 Å². The second-order valence-corrected chi connectivity index (χ2v) is 8.97. The molecular formula is C24H19ClN4O5. The third-order valence-corrected chi connectivity index (χ3v) is 6.23. The number of fused-ring (bicyclic) bond motifs is 2. The number of ketones is 2. The van der Waals surface area contributed by atoms with Gasteiger partial charge in [0.2, 0.25) is 5.78 Å². The van der Waals surface area contributed by atoms with Gasteiger partial charge in [-0.25, -0.2) is 9.48 Å². The van der Waals surface area contributed by atoms with Crippen LogP contribution in [-0.2, 0) is 22.7 Å². The predicted octanol–water partition coefficient (Wildman–Crippen LogP) is 3.07. The van der Waals surface area contributed by atoms with E-state index in [2.05, 4.69) is 10.3 Å². The molecule has 1 fully saturated rings. The quantitative estimate of drug-likeness (QED) is 0.314. The van der Waals surface area contributed by atoms with Gasteiger partial charge >= 0.3 is 5.63 Å². The minimum absolute atomic E-state index is 0.0609. The van der Waals surface area contributed by atoms with Gasteiger partial charge in [0, 0.05) is 16.1 Å². The molecule has 0 saturated carbocycles. The molecule has 2 aromatic heterocycles. The third kappa shape index (κ3) is 3.77. The molecule has 0 N–H and O–H groups in total. The summed E-state index contributed by atoms with van der Waals surface area (Å²) in [4.78, 5) is 51.6. The van der Waals surface area contributed by atoms with E-state index < -0.39 is 29.0 Å². The maximum absolute atomic E-state index is 12.8. The first-order valence-corrected chi connectivity index (χ1v) is 11.0. The lowest BCUT2D eigenvalue weighted by Crippen LogP contribution is -2.26. The molecule has 0 bridgehead atoms. The molecule has 10 heteroatoms. The largest absolute Gasteiger partial charge is 0.422 e. The lowest BCUT2D eigenvalue weighted by atomic mass is 9.88. The summed E-state index contributed by atoms with van der Waals surface area (Å²) < 4.78 is 6.51. The summed E-state index contributed by atoms with van der Waals surface area (Å²) in [5.74, 6) is -1.96. The van der Waals surface area contributed by atoms with Crippen molar-refractivity contribution in [1.82, 2.24) is 19.9 Å². The van der Waals surface area contributed by atoms with Gasteiger partial charge < -0.3 is 9.32 Å². The highest BCUT2D eigenvalue weighted by Crippen LogP contribution is 2.38. The fraction of sp³-hybridized carbons (Fsp3) is 0.250. The fourth-order valence-corrected chi connectivity index (χ4v) is 4.71. The number of carbonyl (C=O) groups is 3. The Morgan fingerprint density at radius 2 is 2.00 bits per heavy atom. The van der Waals surface area contributed by atoms with Gasteiger partial charge in [-0.3, -0.25) is 14.4 Å². The van der Waals surface area contributed by atoms with Gasteiger partial charge in [-0.1, -0.05) is 28.5 Å². The van der Waals surface area contributed by atoms with Crippen LogP contribution in [0.4, 0.5) is 0 Å². The van der Waals surface area contributed by atoms with Gasteiger partial charge in [0.1, 0.15) is 23.4 Å². The molecule has 1 atom stereocenters. The molecule has 1 aliphatic carbocycles. The van der Waals surface area contributed by atoms with Crippen molar-refractivity contribution in [2.75, 3.05) is 0 Å². The molecule has 34 heavy (non-hydrogen) atoms. The molecule has 1 aliphatic heterocycles. The van der Waals surface area contributed by atoms with Crippen molar-refractivity contribution < 1.29 is 18.8 Å². The molecule has 3 aromatic rings. The highest BCUT2D eigenvalue weighted by molar-refractivity contribution is 6.40. The van der Waals surface area contributed by atoms with Crippen LogP contribution in [0.5, 0.6) is 0 Å². The number of halogens is 1. The van der Waals surface area contributed by atoms with Gasteiger partial charge in [0.05, 0.1) is 18.7 Å². The van der Waals surface area contributed by atoms with Crippen molar-refractivity contribution in [3.8, 4) is 0 Å². The number of allylic oxidation sites excluding steroid dienone is 4. The molecule has 0 radical (unpaired) electrons. The minimum atomic E-state index is -0.754. The lowest BCUT2D eigenvalue weighted by molar-refractivity contribution is -0.140. The van der Waals surface area contributed by atoms with Gasteiger partial charge in [0.25, 0.3) is 5.91 Å².